The second kappa shape index (κ2) is 9.80. The van der Waals surface area contributed by atoms with Gasteiger partial charge in [-0.2, -0.15) is 0 Å². The number of ether oxygens (including phenoxy) is 5. The topological polar surface area (TPSA) is 88.4 Å². The molecule has 0 aliphatic carbocycles. The van der Waals surface area contributed by atoms with Gasteiger partial charge in [0.05, 0.1) is 35.5 Å². The monoisotopic (exact) mass is 427 g/mol. The van der Waals surface area contributed by atoms with Crippen molar-refractivity contribution in [3.63, 3.8) is 0 Å². The van der Waals surface area contributed by atoms with E-state index in [4.69, 9.17) is 28.1 Å². The van der Waals surface area contributed by atoms with Crippen molar-refractivity contribution in [2.24, 2.45) is 0 Å². The van der Waals surface area contributed by atoms with Crippen molar-refractivity contribution in [3.8, 4) is 28.7 Å². The molecule has 0 saturated carbocycles. The molecule has 164 valence electrons. The van der Waals surface area contributed by atoms with Crippen LogP contribution in [-0.2, 0) is 6.42 Å². The van der Waals surface area contributed by atoms with Gasteiger partial charge in [-0.1, -0.05) is 0 Å². The minimum atomic E-state index is -0.439. The van der Waals surface area contributed by atoms with Gasteiger partial charge >= 0.3 is 0 Å². The smallest absolute Gasteiger partial charge is 0.291 e. The number of amides is 1. The molecule has 0 saturated heterocycles. The summed E-state index contributed by atoms with van der Waals surface area (Å²) >= 11 is 0. The maximum atomic E-state index is 12.8. The first-order valence-corrected chi connectivity index (χ1v) is 9.43. The van der Waals surface area contributed by atoms with Gasteiger partial charge in [0.1, 0.15) is 40.2 Å². The Bertz CT molecular complexity index is 1030. The molecule has 0 spiro atoms. The second-order valence-electron chi connectivity index (χ2n) is 6.48. The average Bonchev–Trinajstić information content (AvgIpc) is 3.27. The van der Waals surface area contributed by atoms with Gasteiger partial charge in [-0.3, -0.25) is 4.79 Å². The van der Waals surface area contributed by atoms with Crippen molar-refractivity contribution in [2.45, 2.75) is 6.42 Å². The molecule has 1 N–H and O–H groups in total. The average molecular weight is 427 g/mol. The Kier molecular flexibility index (Phi) is 6.92. The largest absolute Gasteiger partial charge is 0.497 e. The Hall–Kier alpha value is -3.81. The number of rotatable bonds is 9. The lowest BCUT2D eigenvalue weighted by molar-refractivity contribution is 0.0994. The van der Waals surface area contributed by atoms with Gasteiger partial charge in [-0.25, -0.2) is 0 Å². The number of anilines is 1. The summed E-state index contributed by atoms with van der Waals surface area (Å²) in [4.78, 5) is 12.8. The van der Waals surface area contributed by atoms with Crippen LogP contribution in [0, 0.1) is 0 Å². The Morgan fingerprint density at radius 2 is 1.42 bits per heavy atom. The van der Waals surface area contributed by atoms with Crippen molar-refractivity contribution >= 4 is 11.6 Å². The molecular formula is C23H25NO7. The highest BCUT2D eigenvalue weighted by molar-refractivity contribution is 6.04. The van der Waals surface area contributed by atoms with E-state index in [9.17, 15) is 4.79 Å². The Balaban J connectivity index is 1.82. The van der Waals surface area contributed by atoms with Crippen molar-refractivity contribution in [2.75, 3.05) is 40.9 Å². The summed E-state index contributed by atoms with van der Waals surface area (Å²) in [5.41, 5.74) is 1.25. The molecule has 0 aliphatic rings. The zero-order chi connectivity index (χ0) is 22.4. The summed E-state index contributed by atoms with van der Waals surface area (Å²) in [6.07, 6.45) is 0.433. The van der Waals surface area contributed by atoms with Crippen LogP contribution in [0.5, 0.6) is 28.7 Å². The maximum Gasteiger partial charge on any atom is 0.291 e. The number of furan rings is 1. The molecular weight excluding hydrogens is 402 g/mol. The van der Waals surface area contributed by atoms with Crippen molar-refractivity contribution in [1.29, 1.82) is 0 Å². The molecule has 0 unspecified atom stereocenters. The van der Waals surface area contributed by atoms with Crippen molar-refractivity contribution in [1.82, 2.24) is 0 Å². The quantitative estimate of drug-likeness (QED) is 0.548. The standard InChI is InChI=1S/C23H25NO7/c1-26-15-6-8-18(28-3)14(10-15)11-16-7-9-19(31-16)23(25)24-22-20(29-4)12-17(27-2)13-21(22)30-5/h6-10,12-13H,11H2,1-5H3,(H,24,25). The minimum absolute atomic E-state index is 0.150. The fourth-order valence-electron chi connectivity index (χ4n) is 3.11. The molecule has 0 bridgehead atoms. The second-order valence-corrected chi connectivity index (χ2v) is 6.48. The highest BCUT2D eigenvalue weighted by Crippen LogP contribution is 2.39. The van der Waals surface area contributed by atoms with E-state index in [1.165, 1.54) is 21.3 Å². The van der Waals surface area contributed by atoms with E-state index in [0.717, 1.165) is 5.56 Å². The lowest BCUT2D eigenvalue weighted by Crippen LogP contribution is -2.13. The highest BCUT2D eigenvalue weighted by Gasteiger charge is 2.19. The van der Waals surface area contributed by atoms with E-state index in [1.807, 2.05) is 18.2 Å². The van der Waals surface area contributed by atoms with Crippen molar-refractivity contribution < 1.29 is 32.9 Å². The van der Waals surface area contributed by atoms with Gasteiger partial charge in [-0.05, 0) is 30.3 Å². The van der Waals surface area contributed by atoms with Crippen LogP contribution in [0.25, 0.3) is 0 Å². The normalized spacial score (nSPS) is 10.4. The van der Waals surface area contributed by atoms with Gasteiger partial charge in [0.25, 0.3) is 5.91 Å². The highest BCUT2D eigenvalue weighted by atomic mass is 16.5. The van der Waals surface area contributed by atoms with Crippen LogP contribution in [0.3, 0.4) is 0 Å². The van der Waals surface area contributed by atoms with E-state index < -0.39 is 5.91 Å². The third kappa shape index (κ3) is 4.85. The van der Waals surface area contributed by atoms with E-state index >= 15 is 0 Å². The van der Waals surface area contributed by atoms with E-state index in [-0.39, 0.29) is 5.76 Å². The summed E-state index contributed by atoms with van der Waals surface area (Å²) in [5.74, 6) is 3.07. The van der Waals surface area contributed by atoms with Gasteiger partial charge in [0.15, 0.2) is 5.76 Å². The minimum Gasteiger partial charge on any atom is -0.497 e. The SMILES string of the molecule is COc1ccc(OC)c(Cc2ccc(C(=O)Nc3c(OC)cc(OC)cc3OC)o2)c1. The van der Waals surface area contributed by atoms with Crippen LogP contribution in [-0.4, -0.2) is 41.5 Å². The van der Waals surface area contributed by atoms with Crippen molar-refractivity contribution in [3.05, 3.63) is 59.5 Å². The Morgan fingerprint density at radius 1 is 0.774 bits per heavy atom. The number of methoxy groups -OCH3 is 5. The van der Waals surface area contributed by atoms with Crippen LogP contribution in [0.1, 0.15) is 21.9 Å². The summed E-state index contributed by atoms with van der Waals surface area (Å²) in [6, 6.07) is 12.2. The third-order valence-electron chi connectivity index (χ3n) is 4.69. The van der Waals surface area contributed by atoms with Crippen LogP contribution >= 0.6 is 0 Å². The number of hydrogen-bond acceptors (Lipinski definition) is 7. The first-order chi connectivity index (χ1) is 15.0. The third-order valence-corrected chi connectivity index (χ3v) is 4.69. The molecule has 1 amide bonds. The molecule has 0 fully saturated rings. The summed E-state index contributed by atoms with van der Waals surface area (Å²) in [6.45, 7) is 0. The molecule has 31 heavy (non-hydrogen) atoms. The fourth-order valence-corrected chi connectivity index (χ4v) is 3.11. The van der Waals surface area contributed by atoms with E-state index in [2.05, 4.69) is 5.32 Å². The molecule has 8 nitrogen and oxygen atoms in total. The summed E-state index contributed by atoms with van der Waals surface area (Å²) in [5, 5.41) is 2.78. The zero-order valence-corrected chi connectivity index (χ0v) is 18.1. The first kappa shape index (κ1) is 21.9. The van der Waals surface area contributed by atoms with Gasteiger partial charge in [-0.15, -0.1) is 0 Å². The molecule has 1 heterocycles. The molecule has 1 aromatic heterocycles. The molecule has 0 aliphatic heterocycles. The van der Waals surface area contributed by atoms with Crippen LogP contribution < -0.4 is 29.0 Å². The summed E-state index contributed by atoms with van der Waals surface area (Å²) < 4.78 is 32.4. The molecule has 3 aromatic rings. The number of benzene rings is 2. The number of hydrogen-bond donors (Lipinski definition) is 1. The number of carbonyl (C=O) groups is 1. The predicted octanol–water partition coefficient (Wildman–Crippen LogP) is 4.17. The molecule has 2 aromatic carbocycles. The lowest BCUT2D eigenvalue weighted by Gasteiger charge is -2.15. The molecule has 3 rings (SSSR count). The van der Waals surface area contributed by atoms with Gasteiger partial charge < -0.3 is 33.4 Å². The predicted molar refractivity (Wildman–Crippen MR) is 115 cm³/mol. The fraction of sp³-hybridized carbons (Fsp3) is 0.261. The molecule has 0 atom stereocenters. The Morgan fingerprint density at radius 3 is 2.00 bits per heavy atom. The van der Waals surface area contributed by atoms with Crippen LogP contribution in [0.2, 0.25) is 0 Å². The lowest BCUT2D eigenvalue weighted by atomic mass is 10.1. The van der Waals surface area contributed by atoms with Crippen LogP contribution in [0.15, 0.2) is 46.9 Å². The molecule has 0 radical (unpaired) electrons. The number of carbonyl (C=O) groups excluding carboxylic acids is 1. The Labute approximate surface area is 180 Å². The first-order valence-electron chi connectivity index (χ1n) is 9.43. The zero-order valence-electron chi connectivity index (χ0n) is 18.1. The van der Waals surface area contributed by atoms with Gasteiger partial charge in [0, 0.05) is 24.1 Å². The van der Waals surface area contributed by atoms with E-state index in [0.29, 0.717) is 46.6 Å². The van der Waals surface area contributed by atoms with E-state index in [1.54, 1.807) is 38.5 Å². The summed E-state index contributed by atoms with van der Waals surface area (Å²) in [7, 11) is 7.73. The maximum absolute atomic E-state index is 12.8. The van der Waals surface area contributed by atoms with Gasteiger partial charge in [0.2, 0.25) is 0 Å². The van der Waals surface area contributed by atoms with Crippen LogP contribution in [0.4, 0.5) is 5.69 Å². The molecule has 8 heteroatoms. The number of nitrogens with one attached hydrogen (secondary N) is 1.